The summed E-state index contributed by atoms with van der Waals surface area (Å²) in [5.74, 6) is -0.273. The summed E-state index contributed by atoms with van der Waals surface area (Å²) in [6, 6.07) is 5.66. The van der Waals surface area contributed by atoms with Gasteiger partial charge >= 0.3 is 12.1 Å². The minimum Gasteiger partial charge on any atom is -0.469 e. The molecule has 1 saturated heterocycles. The molecule has 0 spiro atoms. The zero-order valence-electron chi connectivity index (χ0n) is 17.5. The number of piperazine rings is 1. The lowest BCUT2D eigenvalue weighted by Crippen LogP contribution is -2.55. The molecule has 2 rings (SSSR count). The van der Waals surface area contributed by atoms with Crippen molar-refractivity contribution in [1.29, 1.82) is 0 Å². The fourth-order valence-electron chi connectivity index (χ4n) is 3.36. The maximum Gasteiger partial charge on any atom is 0.410 e. The highest BCUT2D eigenvalue weighted by Gasteiger charge is 2.32. The smallest absolute Gasteiger partial charge is 0.410 e. The molecule has 0 aliphatic carbocycles. The lowest BCUT2D eigenvalue weighted by molar-refractivity contribution is -0.139. The first kappa shape index (κ1) is 22.5. The highest BCUT2D eigenvalue weighted by Crippen LogP contribution is 2.22. The van der Waals surface area contributed by atoms with Gasteiger partial charge in [0.25, 0.3) is 0 Å². The molecule has 1 heterocycles. The highest BCUT2D eigenvalue weighted by atomic mass is 35.5. The molecule has 1 aromatic carbocycles. The van der Waals surface area contributed by atoms with Crippen LogP contribution in [0.5, 0.6) is 0 Å². The standard InChI is InChI=1S/C21H31ClN2O4/c1-6-18-14-23(9-10-24(18)20(26)28-21(2,3)4)13-16-11-17(22)8-7-15(16)12-19(25)27-5/h7-8,11,18H,6,9-10,12-14H2,1-5H3/t18-/m0/s1. The third-order valence-electron chi connectivity index (χ3n) is 4.79. The second-order valence-corrected chi connectivity index (χ2v) is 8.57. The summed E-state index contributed by atoms with van der Waals surface area (Å²) in [6.45, 7) is 10.5. The van der Waals surface area contributed by atoms with Gasteiger partial charge in [0.15, 0.2) is 0 Å². The second-order valence-electron chi connectivity index (χ2n) is 8.14. The van der Waals surface area contributed by atoms with Crippen molar-refractivity contribution in [2.45, 2.75) is 58.7 Å². The van der Waals surface area contributed by atoms with E-state index in [-0.39, 0.29) is 24.5 Å². The summed E-state index contributed by atoms with van der Waals surface area (Å²) in [6.07, 6.45) is 0.811. The van der Waals surface area contributed by atoms with Gasteiger partial charge in [-0.1, -0.05) is 24.6 Å². The van der Waals surface area contributed by atoms with Crippen LogP contribution < -0.4 is 0 Å². The summed E-state index contributed by atoms with van der Waals surface area (Å²) in [5.41, 5.74) is 1.42. The molecule has 6 nitrogen and oxygen atoms in total. The maximum atomic E-state index is 12.5. The van der Waals surface area contributed by atoms with Crippen molar-refractivity contribution in [2.24, 2.45) is 0 Å². The molecule has 0 saturated carbocycles. The van der Waals surface area contributed by atoms with Crippen LogP contribution >= 0.6 is 11.6 Å². The number of hydrogen-bond acceptors (Lipinski definition) is 5. The Morgan fingerprint density at radius 3 is 2.54 bits per heavy atom. The Hall–Kier alpha value is -1.79. The molecule has 0 aromatic heterocycles. The first-order chi connectivity index (χ1) is 13.1. The Balaban J connectivity index is 2.08. The van der Waals surface area contributed by atoms with E-state index in [0.29, 0.717) is 18.1 Å². The van der Waals surface area contributed by atoms with Crippen LogP contribution in [0, 0.1) is 0 Å². The van der Waals surface area contributed by atoms with Crippen molar-refractivity contribution >= 4 is 23.7 Å². The highest BCUT2D eigenvalue weighted by molar-refractivity contribution is 6.30. The third kappa shape index (κ3) is 6.38. The number of halogens is 1. The summed E-state index contributed by atoms with van der Waals surface area (Å²) in [5, 5.41) is 0.642. The zero-order chi connectivity index (χ0) is 20.9. The average molecular weight is 411 g/mol. The first-order valence-electron chi connectivity index (χ1n) is 9.69. The van der Waals surface area contributed by atoms with E-state index in [1.807, 2.05) is 37.8 Å². The quantitative estimate of drug-likeness (QED) is 0.689. The molecule has 0 radical (unpaired) electrons. The van der Waals surface area contributed by atoms with Gasteiger partial charge in [-0.15, -0.1) is 0 Å². The summed E-state index contributed by atoms with van der Waals surface area (Å²) in [4.78, 5) is 28.4. The third-order valence-corrected chi connectivity index (χ3v) is 5.03. The molecule has 1 aliphatic rings. The number of amides is 1. The Kier molecular flexibility index (Phi) is 7.72. The van der Waals surface area contributed by atoms with Crippen LogP contribution in [-0.4, -0.2) is 60.2 Å². The van der Waals surface area contributed by atoms with Crippen molar-refractivity contribution < 1.29 is 19.1 Å². The predicted molar refractivity (Wildman–Crippen MR) is 109 cm³/mol. The summed E-state index contributed by atoms with van der Waals surface area (Å²) >= 11 is 6.18. The molecule has 0 N–H and O–H groups in total. The van der Waals surface area contributed by atoms with E-state index in [9.17, 15) is 9.59 Å². The molecule has 1 atom stereocenters. The molecule has 7 heteroatoms. The minimum atomic E-state index is -0.504. The lowest BCUT2D eigenvalue weighted by atomic mass is 10.0. The van der Waals surface area contributed by atoms with Crippen molar-refractivity contribution in [3.8, 4) is 0 Å². The number of ether oxygens (including phenoxy) is 2. The second kappa shape index (κ2) is 9.61. The molecule has 1 aliphatic heterocycles. The van der Waals surface area contributed by atoms with Crippen molar-refractivity contribution in [1.82, 2.24) is 9.80 Å². The van der Waals surface area contributed by atoms with Gasteiger partial charge in [0.05, 0.1) is 13.5 Å². The van der Waals surface area contributed by atoms with Gasteiger partial charge in [-0.25, -0.2) is 4.79 Å². The SMILES string of the molecule is CC[C@H]1CN(Cc2cc(Cl)ccc2CC(=O)OC)CCN1C(=O)OC(C)(C)C. The Bertz CT molecular complexity index is 702. The summed E-state index contributed by atoms with van der Waals surface area (Å²) in [7, 11) is 1.39. The van der Waals surface area contributed by atoms with E-state index in [4.69, 9.17) is 21.1 Å². The van der Waals surface area contributed by atoms with Crippen LogP contribution in [0.1, 0.15) is 45.2 Å². The van der Waals surface area contributed by atoms with Gasteiger partial charge < -0.3 is 14.4 Å². The number of carbonyl (C=O) groups is 2. The van der Waals surface area contributed by atoms with E-state index in [2.05, 4.69) is 11.8 Å². The van der Waals surface area contributed by atoms with Gasteiger partial charge in [-0.3, -0.25) is 9.69 Å². The number of carbonyl (C=O) groups excluding carboxylic acids is 2. The fraction of sp³-hybridized carbons (Fsp3) is 0.619. The minimum absolute atomic E-state index is 0.0897. The molecule has 0 unspecified atom stereocenters. The van der Waals surface area contributed by atoms with Gasteiger partial charge in [-0.05, 0) is 50.5 Å². The molecule has 1 amide bonds. The number of nitrogens with zero attached hydrogens (tertiary/aromatic N) is 2. The number of esters is 1. The molecule has 28 heavy (non-hydrogen) atoms. The molecular weight excluding hydrogens is 380 g/mol. The average Bonchev–Trinajstić information content (AvgIpc) is 2.62. The number of benzene rings is 1. The molecule has 0 bridgehead atoms. The monoisotopic (exact) mass is 410 g/mol. The summed E-state index contributed by atoms with van der Waals surface area (Å²) < 4.78 is 10.4. The van der Waals surface area contributed by atoms with Crippen LogP contribution in [0.4, 0.5) is 4.79 Å². The normalized spacial score (nSPS) is 18.1. The van der Waals surface area contributed by atoms with Crippen molar-refractivity contribution in [3.05, 3.63) is 34.3 Å². The largest absolute Gasteiger partial charge is 0.469 e. The molecular formula is C21H31ClN2O4. The number of rotatable bonds is 5. The number of methoxy groups -OCH3 is 1. The van der Waals surface area contributed by atoms with Crippen LogP contribution in [0.2, 0.25) is 5.02 Å². The Morgan fingerprint density at radius 2 is 1.93 bits per heavy atom. The zero-order valence-corrected chi connectivity index (χ0v) is 18.2. The van der Waals surface area contributed by atoms with Gasteiger partial charge in [0, 0.05) is 37.2 Å². The molecule has 156 valence electrons. The maximum absolute atomic E-state index is 12.5. The first-order valence-corrected chi connectivity index (χ1v) is 10.1. The van der Waals surface area contributed by atoms with Gasteiger partial charge in [-0.2, -0.15) is 0 Å². The van der Waals surface area contributed by atoms with Crippen LogP contribution in [-0.2, 0) is 27.2 Å². The van der Waals surface area contributed by atoms with Crippen molar-refractivity contribution in [2.75, 3.05) is 26.7 Å². The number of hydrogen-bond donors (Lipinski definition) is 0. The van der Waals surface area contributed by atoms with Crippen LogP contribution in [0.3, 0.4) is 0 Å². The van der Waals surface area contributed by atoms with Gasteiger partial charge in [0.1, 0.15) is 5.60 Å². The van der Waals surface area contributed by atoms with Crippen molar-refractivity contribution in [3.63, 3.8) is 0 Å². The van der Waals surface area contributed by atoms with Gasteiger partial charge in [0.2, 0.25) is 0 Å². The van der Waals surface area contributed by atoms with E-state index in [0.717, 1.165) is 30.6 Å². The molecule has 1 aromatic rings. The fourth-order valence-corrected chi connectivity index (χ4v) is 3.55. The van der Waals surface area contributed by atoms with Crippen LogP contribution in [0.15, 0.2) is 18.2 Å². The molecule has 1 fully saturated rings. The van der Waals surface area contributed by atoms with E-state index < -0.39 is 5.60 Å². The Morgan fingerprint density at radius 1 is 1.21 bits per heavy atom. The lowest BCUT2D eigenvalue weighted by Gasteiger charge is -2.41. The topological polar surface area (TPSA) is 59.1 Å². The van der Waals surface area contributed by atoms with Crippen LogP contribution in [0.25, 0.3) is 0 Å². The van der Waals surface area contributed by atoms with E-state index in [1.54, 1.807) is 6.07 Å². The Labute approximate surface area is 172 Å². The predicted octanol–water partition coefficient (Wildman–Crippen LogP) is 3.89. The van der Waals surface area contributed by atoms with E-state index in [1.165, 1.54) is 7.11 Å². The van der Waals surface area contributed by atoms with E-state index >= 15 is 0 Å².